The quantitative estimate of drug-likeness (QED) is 0.133. The van der Waals surface area contributed by atoms with Gasteiger partial charge in [-0.2, -0.15) is 0 Å². The number of carbonyl (C=O) groups excluding carboxylic acids is 1. The van der Waals surface area contributed by atoms with E-state index in [1.807, 2.05) is 6.08 Å². The van der Waals surface area contributed by atoms with Crippen LogP contribution in [-0.4, -0.2) is 5.97 Å². The predicted molar refractivity (Wildman–Crippen MR) is 100 cm³/mol. The Morgan fingerprint density at radius 2 is 1.35 bits per heavy atom. The van der Waals surface area contributed by atoms with Crippen molar-refractivity contribution in [3.8, 4) is 0 Å². The van der Waals surface area contributed by atoms with Gasteiger partial charge in [0.05, 0.1) is 6.26 Å². The summed E-state index contributed by atoms with van der Waals surface area (Å²) in [4.78, 5) is 10.8. The highest BCUT2D eigenvalue weighted by molar-refractivity contribution is 5.81. The molecule has 0 heterocycles. The molecular formula is C21H38O2. The molecule has 0 spiro atoms. The van der Waals surface area contributed by atoms with Crippen molar-refractivity contribution < 1.29 is 9.53 Å². The summed E-state index contributed by atoms with van der Waals surface area (Å²) < 4.78 is 4.77. The summed E-state index contributed by atoms with van der Waals surface area (Å²) in [6.07, 6.45) is 22.0. The second-order valence-electron chi connectivity index (χ2n) is 6.87. The van der Waals surface area contributed by atoms with E-state index in [1.54, 1.807) is 0 Å². The Balaban J connectivity index is 3.10. The lowest BCUT2D eigenvalue weighted by Crippen LogP contribution is -1.91. The molecular weight excluding hydrogens is 284 g/mol. The van der Waals surface area contributed by atoms with Crippen LogP contribution in [0.25, 0.3) is 0 Å². The molecule has 0 radical (unpaired) electrons. The SMILES string of the molecule is C=CC(=O)OC=CCCCCCCCCCCCCCC(C)C. The number of esters is 1. The van der Waals surface area contributed by atoms with Gasteiger partial charge in [-0.15, -0.1) is 0 Å². The minimum absolute atomic E-state index is 0.388. The van der Waals surface area contributed by atoms with Crippen LogP contribution < -0.4 is 0 Å². The molecule has 0 saturated carbocycles. The van der Waals surface area contributed by atoms with E-state index in [0.29, 0.717) is 0 Å². The Morgan fingerprint density at radius 1 is 0.870 bits per heavy atom. The van der Waals surface area contributed by atoms with Gasteiger partial charge in [-0.3, -0.25) is 0 Å². The van der Waals surface area contributed by atoms with Crippen LogP contribution in [0.4, 0.5) is 0 Å². The highest BCUT2D eigenvalue weighted by atomic mass is 16.5. The Kier molecular flexibility index (Phi) is 16.5. The maximum Gasteiger partial charge on any atom is 0.334 e. The zero-order valence-electron chi connectivity index (χ0n) is 15.5. The average molecular weight is 323 g/mol. The van der Waals surface area contributed by atoms with Crippen molar-refractivity contribution in [1.82, 2.24) is 0 Å². The van der Waals surface area contributed by atoms with E-state index in [4.69, 9.17) is 4.74 Å². The van der Waals surface area contributed by atoms with E-state index in [1.165, 1.54) is 89.4 Å². The van der Waals surface area contributed by atoms with Crippen LogP contribution in [0.2, 0.25) is 0 Å². The van der Waals surface area contributed by atoms with Crippen LogP contribution in [0.1, 0.15) is 97.3 Å². The third-order valence-corrected chi connectivity index (χ3v) is 4.10. The zero-order valence-corrected chi connectivity index (χ0v) is 15.5. The second-order valence-corrected chi connectivity index (χ2v) is 6.87. The van der Waals surface area contributed by atoms with Crippen LogP contribution >= 0.6 is 0 Å². The third-order valence-electron chi connectivity index (χ3n) is 4.10. The fraction of sp³-hybridized carbons (Fsp3) is 0.762. The number of unbranched alkanes of at least 4 members (excludes halogenated alkanes) is 11. The van der Waals surface area contributed by atoms with Crippen molar-refractivity contribution >= 4 is 5.97 Å². The molecule has 0 unspecified atom stereocenters. The number of allylic oxidation sites excluding steroid dienone is 1. The molecule has 2 heteroatoms. The summed E-state index contributed by atoms with van der Waals surface area (Å²) in [5.74, 6) is 0.480. The summed E-state index contributed by atoms with van der Waals surface area (Å²) in [6, 6.07) is 0. The Labute approximate surface area is 144 Å². The molecule has 0 bridgehead atoms. The normalized spacial score (nSPS) is 11.3. The molecule has 0 aliphatic heterocycles. The first-order valence-corrected chi connectivity index (χ1v) is 9.65. The Bertz CT molecular complexity index is 305. The molecule has 0 aromatic rings. The number of hydrogen-bond acceptors (Lipinski definition) is 2. The number of ether oxygens (including phenoxy) is 1. The zero-order chi connectivity index (χ0) is 17.2. The molecule has 134 valence electrons. The van der Waals surface area contributed by atoms with Crippen LogP contribution in [-0.2, 0) is 9.53 Å². The summed E-state index contributed by atoms with van der Waals surface area (Å²) >= 11 is 0. The summed E-state index contributed by atoms with van der Waals surface area (Å²) in [7, 11) is 0. The first kappa shape index (κ1) is 21.9. The van der Waals surface area contributed by atoms with Crippen LogP contribution in [0.3, 0.4) is 0 Å². The van der Waals surface area contributed by atoms with Crippen molar-refractivity contribution in [1.29, 1.82) is 0 Å². The first-order valence-electron chi connectivity index (χ1n) is 9.65. The Morgan fingerprint density at radius 3 is 1.83 bits per heavy atom. The maximum atomic E-state index is 10.8. The lowest BCUT2D eigenvalue weighted by Gasteiger charge is -2.04. The highest BCUT2D eigenvalue weighted by Crippen LogP contribution is 2.14. The molecule has 0 aromatic heterocycles. The van der Waals surface area contributed by atoms with Crippen LogP contribution in [0, 0.1) is 5.92 Å². The van der Waals surface area contributed by atoms with Gasteiger partial charge in [0.1, 0.15) is 0 Å². The van der Waals surface area contributed by atoms with Gasteiger partial charge < -0.3 is 4.74 Å². The van der Waals surface area contributed by atoms with Gasteiger partial charge in [0, 0.05) is 6.08 Å². The summed E-state index contributed by atoms with van der Waals surface area (Å²) in [5.41, 5.74) is 0. The van der Waals surface area contributed by atoms with Gasteiger partial charge in [0.2, 0.25) is 0 Å². The lowest BCUT2D eigenvalue weighted by molar-refractivity contribution is -0.132. The van der Waals surface area contributed by atoms with Crippen molar-refractivity contribution in [3.63, 3.8) is 0 Å². The summed E-state index contributed by atoms with van der Waals surface area (Å²) in [6.45, 7) is 7.97. The molecule has 0 rings (SSSR count). The van der Waals surface area contributed by atoms with Gasteiger partial charge in [0.25, 0.3) is 0 Å². The second kappa shape index (κ2) is 17.3. The molecule has 0 aliphatic carbocycles. The van der Waals surface area contributed by atoms with Crippen LogP contribution in [0.5, 0.6) is 0 Å². The molecule has 0 aliphatic rings. The summed E-state index contributed by atoms with van der Waals surface area (Å²) in [5, 5.41) is 0. The monoisotopic (exact) mass is 322 g/mol. The van der Waals surface area contributed by atoms with Crippen molar-refractivity contribution in [2.24, 2.45) is 5.92 Å². The van der Waals surface area contributed by atoms with Gasteiger partial charge in [-0.05, 0) is 24.8 Å². The Hall–Kier alpha value is -1.05. The minimum Gasteiger partial charge on any atom is -0.432 e. The number of rotatable bonds is 16. The topological polar surface area (TPSA) is 26.3 Å². The van der Waals surface area contributed by atoms with Gasteiger partial charge in [0.15, 0.2) is 0 Å². The van der Waals surface area contributed by atoms with Crippen molar-refractivity contribution in [2.45, 2.75) is 97.3 Å². The van der Waals surface area contributed by atoms with E-state index in [-0.39, 0.29) is 5.97 Å². The molecule has 0 saturated heterocycles. The van der Waals surface area contributed by atoms with Crippen LogP contribution in [0.15, 0.2) is 25.0 Å². The molecule has 0 amide bonds. The minimum atomic E-state index is -0.388. The molecule has 0 N–H and O–H groups in total. The fourth-order valence-corrected chi connectivity index (χ4v) is 2.64. The maximum absolute atomic E-state index is 10.8. The van der Waals surface area contributed by atoms with Gasteiger partial charge >= 0.3 is 5.97 Å². The lowest BCUT2D eigenvalue weighted by atomic mass is 10.0. The largest absolute Gasteiger partial charge is 0.432 e. The fourth-order valence-electron chi connectivity index (χ4n) is 2.64. The smallest absolute Gasteiger partial charge is 0.334 e. The first-order chi connectivity index (χ1) is 11.2. The molecule has 0 atom stereocenters. The number of carbonyl (C=O) groups is 1. The predicted octanol–water partition coefficient (Wildman–Crippen LogP) is 6.96. The highest BCUT2D eigenvalue weighted by Gasteiger charge is 1.95. The van der Waals surface area contributed by atoms with E-state index < -0.39 is 0 Å². The van der Waals surface area contributed by atoms with Gasteiger partial charge in [-0.1, -0.05) is 91.1 Å². The molecule has 0 aromatic carbocycles. The van der Waals surface area contributed by atoms with Crippen molar-refractivity contribution in [2.75, 3.05) is 0 Å². The molecule has 2 nitrogen and oxygen atoms in total. The molecule has 23 heavy (non-hydrogen) atoms. The van der Waals surface area contributed by atoms with Crippen molar-refractivity contribution in [3.05, 3.63) is 25.0 Å². The third kappa shape index (κ3) is 18.9. The standard InChI is InChI=1S/C21H38O2/c1-4-21(22)23-19-17-15-13-11-9-7-5-6-8-10-12-14-16-18-20(2)3/h4,17,19-20H,1,5-16,18H2,2-3H3. The van der Waals surface area contributed by atoms with E-state index in [9.17, 15) is 4.79 Å². The van der Waals surface area contributed by atoms with E-state index >= 15 is 0 Å². The molecule has 0 fully saturated rings. The van der Waals surface area contributed by atoms with Gasteiger partial charge in [-0.25, -0.2) is 4.79 Å². The average Bonchev–Trinajstić information content (AvgIpc) is 2.53. The van der Waals surface area contributed by atoms with E-state index in [0.717, 1.165) is 12.3 Å². The van der Waals surface area contributed by atoms with E-state index in [2.05, 4.69) is 20.4 Å². The number of hydrogen-bond donors (Lipinski definition) is 0.